The number of nitrogens with one attached hydrogen (secondary N) is 1. The van der Waals surface area contributed by atoms with Crippen molar-refractivity contribution in [1.82, 2.24) is 9.55 Å². The van der Waals surface area contributed by atoms with Gasteiger partial charge in [-0.05, 0) is 27.7 Å². The number of hydrogen-bond acceptors (Lipinski definition) is 15. The molecule has 19 heteroatoms. The van der Waals surface area contributed by atoms with Gasteiger partial charge in [0.25, 0.3) is 11.4 Å². The molecule has 0 radical (unpaired) electrons. The van der Waals surface area contributed by atoms with Crippen molar-refractivity contribution in [3.05, 3.63) is 33.1 Å². The van der Waals surface area contributed by atoms with Crippen LogP contribution in [0, 0.1) is 12.3 Å². The summed E-state index contributed by atoms with van der Waals surface area (Å²) in [5.74, 6) is -1.77. The van der Waals surface area contributed by atoms with Crippen molar-refractivity contribution in [1.29, 1.82) is 0 Å². The highest BCUT2D eigenvalue weighted by Gasteiger charge is 2.65. The quantitative estimate of drug-likeness (QED) is 0.130. The van der Waals surface area contributed by atoms with Crippen LogP contribution in [-0.4, -0.2) is 82.0 Å². The number of aliphatic hydroxyl groups excluding tert-OH is 1. The van der Waals surface area contributed by atoms with Gasteiger partial charge in [0.05, 0.1) is 12.2 Å². The van der Waals surface area contributed by atoms with Crippen molar-refractivity contribution in [3.63, 3.8) is 0 Å². The molecule has 0 bridgehead atoms. The van der Waals surface area contributed by atoms with E-state index in [1.807, 2.05) is 4.98 Å². The summed E-state index contributed by atoms with van der Waals surface area (Å²) in [6, 6.07) is 0.827. The average Bonchev–Trinajstić information content (AvgIpc) is 3.04. The van der Waals surface area contributed by atoms with E-state index in [2.05, 4.69) is 18.9 Å². The second-order valence-corrected chi connectivity index (χ2v) is 10.2. The van der Waals surface area contributed by atoms with Crippen LogP contribution in [-0.2, 0) is 41.8 Å². The Morgan fingerprint density at radius 3 is 2.12 bits per heavy atom. The molecule has 1 saturated heterocycles. The van der Waals surface area contributed by atoms with Crippen molar-refractivity contribution >= 4 is 20.1 Å². The maximum atomic E-state index is 15.8. The summed E-state index contributed by atoms with van der Waals surface area (Å²) in [5, 5.41) is 21.3. The lowest BCUT2D eigenvalue weighted by atomic mass is 9.94. The Morgan fingerprint density at radius 2 is 1.68 bits per heavy atom. The highest BCUT2D eigenvalue weighted by atomic mass is 31.2. The van der Waals surface area contributed by atoms with E-state index in [-0.39, 0.29) is 0 Å². The van der Waals surface area contributed by atoms with E-state index < -0.39 is 87.6 Å². The number of carbonyl (C=O) groups excluding carboxylic acids is 2. The van der Waals surface area contributed by atoms with Crippen molar-refractivity contribution in [3.8, 4) is 12.3 Å². The summed E-state index contributed by atoms with van der Waals surface area (Å²) in [6.07, 6.45) is -2.35. The van der Waals surface area contributed by atoms with Crippen LogP contribution >= 0.6 is 7.82 Å². The van der Waals surface area contributed by atoms with Gasteiger partial charge in [-0.25, -0.2) is 32.4 Å². The van der Waals surface area contributed by atoms with Gasteiger partial charge in [0.15, 0.2) is 12.3 Å². The Balaban J connectivity index is 2.22. The van der Waals surface area contributed by atoms with Gasteiger partial charge in [-0.3, -0.25) is 18.9 Å². The number of ether oxygens (including phenoxy) is 5. The number of carbonyl (C=O) groups is 2. The second-order valence-electron chi connectivity index (χ2n) is 8.48. The standard InChI is InChI=1S/C21H28FN2O15P/c1-6-20(30)15(26)21(22,39-16(20)24-8-7-14(25)23-17(24)27)9-34-40(31,35-10-32-18(28)37-12(2)3)36-11-33-19(29)38-13(4)5/h1,7-8,12-13,15-16,26,30H,9-11H2,2-5H3,(H,23,25,27). The third-order valence-corrected chi connectivity index (χ3v) is 5.99. The fourth-order valence-corrected chi connectivity index (χ4v) is 3.88. The third kappa shape index (κ3) is 8.35. The minimum Gasteiger partial charge on any atom is -0.432 e. The monoisotopic (exact) mass is 598 g/mol. The number of rotatable bonds is 12. The molecule has 0 aliphatic carbocycles. The molecule has 0 amide bonds. The Morgan fingerprint density at radius 1 is 1.15 bits per heavy atom. The molecule has 17 nitrogen and oxygen atoms in total. The lowest BCUT2D eigenvalue weighted by Crippen LogP contribution is -2.51. The first-order valence-corrected chi connectivity index (χ1v) is 12.8. The number of phosphoric acid groups is 1. The molecule has 4 unspecified atom stereocenters. The van der Waals surface area contributed by atoms with Crippen molar-refractivity contribution < 1.29 is 66.0 Å². The Hall–Kier alpha value is -3.30. The molecule has 2 rings (SSSR count). The molecule has 1 fully saturated rings. The molecular weight excluding hydrogens is 570 g/mol. The van der Waals surface area contributed by atoms with E-state index in [1.54, 1.807) is 5.92 Å². The van der Waals surface area contributed by atoms with Gasteiger partial charge in [0, 0.05) is 12.3 Å². The number of halogens is 1. The fraction of sp³-hybridized carbons (Fsp3) is 0.619. The highest BCUT2D eigenvalue weighted by Crippen LogP contribution is 2.52. The topological polar surface area (TPSA) is 220 Å². The molecule has 2 heterocycles. The molecule has 1 aromatic rings. The predicted molar refractivity (Wildman–Crippen MR) is 126 cm³/mol. The van der Waals surface area contributed by atoms with Crippen LogP contribution in [0.5, 0.6) is 0 Å². The third-order valence-electron chi connectivity index (χ3n) is 4.70. The van der Waals surface area contributed by atoms with Crippen LogP contribution in [0.4, 0.5) is 14.0 Å². The average molecular weight is 598 g/mol. The smallest absolute Gasteiger partial charge is 0.432 e. The van der Waals surface area contributed by atoms with E-state index in [0.29, 0.717) is 4.57 Å². The molecule has 3 N–H and O–H groups in total. The molecule has 1 aromatic heterocycles. The molecule has 224 valence electrons. The van der Waals surface area contributed by atoms with Crippen molar-refractivity contribution in [2.24, 2.45) is 0 Å². The Bertz CT molecular complexity index is 1230. The maximum Gasteiger partial charge on any atom is 0.510 e. The minimum absolute atomic E-state index is 0.487. The number of phosphoric ester groups is 1. The van der Waals surface area contributed by atoms with Crippen LogP contribution in [0.2, 0.25) is 0 Å². The molecule has 1 aliphatic rings. The Kier molecular flexibility index (Phi) is 11.0. The van der Waals surface area contributed by atoms with Crippen molar-refractivity contribution in [2.75, 3.05) is 20.2 Å². The van der Waals surface area contributed by atoms with Gasteiger partial charge >= 0.3 is 25.8 Å². The highest BCUT2D eigenvalue weighted by molar-refractivity contribution is 7.48. The van der Waals surface area contributed by atoms with E-state index in [1.165, 1.54) is 27.7 Å². The molecule has 0 saturated carbocycles. The predicted octanol–water partition coefficient (Wildman–Crippen LogP) is 0.652. The lowest BCUT2D eigenvalue weighted by Gasteiger charge is -2.27. The first kappa shape index (κ1) is 32.9. The number of H-pyrrole nitrogens is 1. The van der Waals surface area contributed by atoms with Gasteiger partial charge in [-0.2, -0.15) is 0 Å². The van der Waals surface area contributed by atoms with Gasteiger partial charge in [-0.15, -0.1) is 6.42 Å². The van der Waals surface area contributed by atoms with Gasteiger partial charge in [0.1, 0.15) is 6.61 Å². The maximum absolute atomic E-state index is 15.8. The number of hydrogen-bond donors (Lipinski definition) is 3. The largest absolute Gasteiger partial charge is 0.510 e. The van der Waals surface area contributed by atoms with E-state index in [0.717, 1.165) is 12.3 Å². The van der Waals surface area contributed by atoms with Crippen LogP contribution in [0.15, 0.2) is 21.9 Å². The zero-order valence-corrected chi connectivity index (χ0v) is 22.5. The van der Waals surface area contributed by atoms with E-state index in [4.69, 9.17) is 24.7 Å². The summed E-state index contributed by atoms with van der Waals surface area (Å²) in [4.78, 5) is 48.4. The normalized spacial score (nSPS) is 24.5. The molecule has 40 heavy (non-hydrogen) atoms. The van der Waals surface area contributed by atoms with Gasteiger partial charge in [0.2, 0.25) is 19.2 Å². The van der Waals surface area contributed by atoms with Crippen LogP contribution in [0.25, 0.3) is 0 Å². The SMILES string of the molecule is C#CC1(O)C(n2ccc(=O)[nH]c2=O)OC(F)(COP(=O)(OCOC(=O)OC(C)C)OCOC(=O)OC(C)C)C1O. The number of nitrogens with zero attached hydrogens (tertiary/aromatic N) is 1. The Labute approximate surface area is 225 Å². The van der Waals surface area contributed by atoms with Crippen LogP contribution in [0.1, 0.15) is 33.9 Å². The number of terminal acetylenes is 1. The minimum atomic E-state index is -5.03. The number of alkyl halides is 1. The summed E-state index contributed by atoms with van der Waals surface area (Å²) >= 11 is 0. The van der Waals surface area contributed by atoms with Crippen LogP contribution < -0.4 is 11.2 Å². The molecule has 4 atom stereocenters. The number of aromatic amines is 1. The first-order valence-electron chi connectivity index (χ1n) is 11.3. The van der Waals surface area contributed by atoms with Gasteiger partial charge < -0.3 is 33.9 Å². The van der Waals surface area contributed by atoms with E-state index >= 15 is 4.39 Å². The second kappa shape index (κ2) is 13.4. The van der Waals surface area contributed by atoms with Crippen LogP contribution in [0.3, 0.4) is 0 Å². The first-order chi connectivity index (χ1) is 18.5. The fourth-order valence-electron chi connectivity index (χ4n) is 2.96. The molecule has 1 aliphatic heterocycles. The molecule has 0 spiro atoms. The van der Waals surface area contributed by atoms with E-state index in [9.17, 15) is 34.0 Å². The molecular formula is C21H28FN2O15P. The summed E-state index contributed by atoms with van der Waals surface area (Å²) in [7, 11) is -5.03. The zero-order valence-electron chi connectivity index (χ0n) is 21.6. The zero-order chi connectivity index (χ0) is 30.3. The summed E-state index contributed by atoms with van der Waals surface area (Å²) in [5.41, 5.74) is -4.94. The van der Waals surface area contributed by atoms with Gasteiger partial charge in [-0.1, -0.05) is 5.92 Å². The summed E-state index contributed by atoms with van der Waals surface area (Å²) in [6.45, 7) is 2.21. The molecule has 0 aromatic carbocycles. The lowest BCUT2D eigenvalue weighted by molar-refractivity contribution is -0.206. The number of aromatic nitrogens is 2. The number of aliphatic hydroxyl groups is 2. The van der Waals surface area contributed by atoms with Crippen molar-refractivity contribution in [2.45, 2.75) is 63.7 Å². The summed E-state index contributed by atoms with van der Waals surface area (Å²) < 4.78 is 67.1.